The summed E-state index contributed by atoms with van der Waals surface area (Å²) in [6.45, 7) is 0. The summed E-state index contributed by atoms with van der Waals surface area (Å²) in [4.78, 5) is 4.10. The molecular formula is C8H5N3. The second kappa shape index (κ2) is 2.10. The summed E-state index contributed by atoms with van der Waals surface area (Å²) < 4.78 is 1.65. The highest BCUT2D eigenvalue weighted by molar-refractivity contribution is 5.41. The standard InChI is InChI=1S/C8H5N3/c1-2-7-6-11-8(10-7)4-3-5-9-11/h1,3-6H. The summed E-state index contributed by atoms with van der Waals surface area (Å²) in [5.41, 5.74) is 1.39. The summed E-state index contributed by atoms with van der Waals surface area (Å²) in [5, 5.41) is 4.01. The van der Waals surface area contributed by atoms with Crippen molar-refractivity contribution < 1.29 is 0 Å². The van der Waals surface area contributed by atoms with Gasteiger partial charge in [-0.2, -0.15) is 5.10 Å². The Bertz CT molecular complexity index is 389. The Kier molecular flexibility index (Phi) is 1.13. The van der Waals surface area contributed by atoms with Crippen molar-refractivity contribution in [2.75, 3.05) is 0 Å². The number of rotatable bonds is 0. The summed E-state index contributed by atoms with van der Waals surface area (Å²) >= 11 is 0. The number of hydrogen-bond acceptors (Lipinski definition) is 2. The monoisotopic (exact) mass is 143 g/mol. The van der Waals surface area contributed by atoms with Crippen LogP contribution in [-0.4, -0.2) is 14.6 Å². The van der Waals surface area contributed by atoms with Crippen LogP contribution in [0.4, 0.5) is 0 Å². The van der Waals surface area contributed by atoms with Gasteiger partial charge in [0.25, 0.3) is 0 Å². The molecule has 2 heterocycles. The molecule has 0 N–H and O–H groups in total. The van der Waals surface area contributed by atoms with Crippen LogP contribution in [0.15, 0.2) is 24.5 Å². The van der Waals surface area contributed by atoms with Gasteiger partial charge >= 0.3 is 0 Å². The lowest BCUT2D eigenvalue weighted by Crippen LogP contribution is -1.85. The van der Waals surface area contributed by atoms with Crippen molar-refractivity contribution in [3.05, 3.63) is 30.2 Å². The molecule has 2 aromatic rings. The molecule has 0 bridgehead atoms. The Morgan fingerprint density at radius 1 is 1.55 bits per heavy atom. The maximum atomic E-state index is 5.16. The Labute approximate surface area is 63.7 Å². The molecule has 0 spiro atoms. The fourth-order valence-corrected chi connectivity index (χ4v) is 0.901. The van der Waals surface area contributed by atoms with Gasteiger partial charge in [0.2, 0.25) is 0 Å². The zero-order chi connectivity index (χ0) is 7.68. The van der Waals surface area contributed by atoms with Crippen molar-refractivity contribution in [2.45, 2.75) is 0 Å². The lowest BCUT2D eigenvalue weighted by atomic mass is 10.5. The molecule has 0 fully saturated rings. The van der Waals surface area contributed by atoms with Gasteiger partial charge in [0.1, 0.15) is 5.69 Å². The molecule has 2 aromatic heterocycles. The van der Waals surface area contributed by atoms with Gasteiger partial charge in [0, 0.05) is 6.20 Å². The van der Waals surface area contributed by atoms with Gasteiger partial charge in [0.15, 0.2) is 5.65 Å². The van der Waals surface area contributed by atoms with Crippen molar-refractivity contribution in [3.8, 4) is 12.3 Å². The molecule has 0 radical (unpaired) electrons. The minimum atomic E-state index is 0.615. The Morgan fingerprint density at radius 2 is 2.45 bits per heavy atom. The SMILES string of the molecule is C#Cc1cn2ncccc2n1. The van der Waals surface area contributed by atoms with Gasteiger partial charge in [-0.3, -0.25) is 0 Å². The average Bonchev–Trinajstić information content (AvgIpc) is 2.46. The molecule has 0 aromatic carbocycles. The molecule has 0 amide bonds. The quantitative estimate of drug-likeness (QED) is 0.508. The summed E-state index contributed by atoms with van der Waals surface area (Å²) in [7, 11) is 0. The Morgan fingerprint density at radius 3 is 3.18 bits per heavy atom. The van der Waals surface area contributed by atoms with Crippen LogP contribution < -0.4 is 0 Å². The minimum Gasteiger partial charge on any atom is -0.220 e. The highest BCUT2D eigenvalue weighted by Crippen LogP contribution is 1.99. The molecule has 0 atom stereocenters. The van der Waals surface area contributed by atoms with Gasteiger partial charge in [-0.1, -0.05) is 0 Å². The van der Waals surface area contributed by atoms with E-state index in [2.05, 4.69) is 16.0 Å². The van der Waals surface area contributed by atoms with E-state index >= 15 is 0 Å². The smallest absolute Gasteiger partial charge is 0.154 e. The lowest BCUT2D eigenvalue weighted by Gasteiger charge is -1.85. The Balaban J connectivity index is 2.81. The normalized spacial score (nSPS) is 9.73. The third kappa shape index (κ3) is 0.849. The molecule has 0 aliphatic heterocycles. The van der Waals surface area contributed by atoms with Crippen LogP contribution in [-0.2, 0) is 0 Å². The average molecular weight is 143 g/mol. The van der Waals surface area contributed by atoms with Crippen molar-refractivity contribution in [3.63, 3.8) is 0 Å². The highest BCUT2D eigenvalue weighted by Gasteiger charge is 1.95. The molecule has 3 heteroatoms. The van der Waals surface area contributed by atoms with Gasteiger partial charge in [-0.25, -0.2) is 9.50 Å². The highest BCUT2D eigenvalue weighted by atomic mass is 15.2. The molecule has 2 rings (SSSR count). The van der Waals surface area contributed by atoms with Crippen LogP contribution in [0.5, 0.6) is 0 Å². The van der Waals surface area contributed by atoms with Crippen molar-refractivity contribution in [1.82, 2.24) is 14.6 Å². The van der Waals surface area contributed by atoms with Crippen molar-refractivity contribution >= 4 is 5.65 Å². The maximum Gasteiger partial charge on any atom is 0.154 e. The van der Waals surface area contributed by atoms with Gasteiger partial charge in [-0.15, -0.1) is 6.42 Å². The number of fused-ring (bicyclic) bond motifs is 1. The second-order valence-electron chi connectivity index (χ2n) is 2.10. The maximum absolute atomic E-state index is 5.16. The first-order valence-corrected chi connectivity index (χ1v) is 3.17. The zero-order valence-corrected chi connectivity index (χ0v) is 5.73. The first-order chi connectivity index (χ1) is 5.40. The van der Waals surface area contributed by atoms with Crippen LogP contribution in [0.1, 0.15) is 5.69 Å². The minimum absolute atomic E-state index is 0.615. The summed E-state index contributed by atoms with van der Waals surface area (Å²) in [6.07, 6.45) is 8.57. The number of imidazole rings is 1. The molecule has 52 valence electrons. The van der Waals surface area contributed by atoms with E-state index in [0.717, 1.165) is 5.65 Å². The molecule has 0 unspecified atom stereocenters. The summed E-state index contributed by atoms with van der Waals surface area (Å²) in [5.74, 6) is 2.44. The third-order valence-corrected chi connectivity index (χ3v) is 1.38. The first kappa shape index (κ1) is 5.93. The largest absolute Gasteiger partial charge is 0.220 e. The number of hydrogen-bond donors (Lipinski definition) is 0. The van der Waals surface area contributed by atoms with Crippen LogP contribution >= 0.6 is 0 Å². The molecule has 0 aliphatic rings. The van der Waals surface area contributed by atoms with E-state index in [0.29, 0.717) is 5.69 Å². The molecular weight excluding hydrogens is 138 g/mol. The van der Waals surface area contributed by atoms with E-state index in [4.69, 9.17) is 6.42 Å². The molecule has 0 saturated heterocycles. The van der Waals surface area contributed by atoms with Crippen LogP contribution in [0.3, 0.4) is 0 Å². The number of aromatic nitrogens is 3. The van der Waals surface area contributed by atoms with Gasteiger partial charge in [0.05, 0.1) is 6.20 Å². The van der Waals surface area contributed by atoms with Gasteiger partial charge in [-0.05, 0) is 18.1 Å². The topological polar surface area (TPSA) is 30.2 Å². The second-order valence-corrected chi connectivity index (χ2v) is 2.10. The molecule has 0 saturated carbocycles. The van der Waals surface area contributed by atoms with E-state index in [-0.39, 0.29) is 0 Å². The molecule has 3 nitrogen and oxygen atoms in total. The van der Waals surface area contributed by atoms with Gasteiger partial charge < -0.3 is 0 Å². The first-order valence-electron chi connectivity index (χ1n) is 3.17. The van der Waals surface area contributed by atoms with Crippen LogP contribution in [0.2, 0.25) is 0 Å². The summed E-state index contributed by atoms with van der Waals surface area (Å²) in [6, 6.07) is 3.68. The zero-order valence-electron chi connectivity index (χ0n) is 5.73. The fourth-order valence-electron chi connectivity index (χ4n) is 0.901. The molecule has 11 heavy (non-hydrogen) atoms. The Hall–Kier alpha value is -1.82. The number of nitrogens with zero attached hydrogens (tertiary/aromatic N) is 3. The van der Waals surface area contributed by atoms with E-state index < -0.39 is 0 Å². The lowest BCUT2D eigenvalue weighted by molar-refractivity contribution is 0.935. The van der Waals surface area contributed by atoms with E-state index in [1.807, 2.05) is 12.1 Å². The third-order valence-electron chi connectivity index (χ3n) is 1.38. The van der Waals surface area contributed by atoms with E-state index in [1.165, 1.54) is 0 Å². The van der Waals surface area contributed by atoms with Crippen molar-refractivity contribution in [2.24, 2.45) is 0 Å². The predicted molar refractivity (Wildman–Crippen MR) is 40.9 cm³/mol. The van der Waals surface area contributed by atoms with E-state index in [1.54, 1.807) is 16.9 Å². The van der Waals surface area contributed by atoms with Crippen LogP contribution in [0, 0.1) is 12.3 Å². The van der Waals surface area contributed by atoms with Crippen LogP contribution in [0.25, 0.3) is 5.65 Å². The van der Waals surface area contributed by atoms with Crippen molar-refractivity contribution in [1.29, 1.82) is 0 Å². The predicted octanol–water partition coefficient (Wildman–Crippen LogP) is 0.711. The van der Waals surface area contributed by atoms with E-state index in [9.17, 15) is 0 Å². The number of terminal acetylenes is 1. The fraction of sp³-hybridized carbons (Fsp3) is 0. The molecule has 0 aliphatic carbocycles.